The Hall–Kier alpha value is -3.04. The Bertz CT molecular complexity index is 1260. The van der Waals surface area contributed by atoms with Crippen LogP contribution < -0.4 is 4.72 Å². The quantitative estimate of drug-likeness (QED) is 0.645. The highest BCUT2D eigenvalue weighted by atomic mass is 35.5. The van der Waals surface area contributed by atoms with Crippen molar-refractivity contribution in [1.29, 1.82) is 0 Å². The van der Waals surface area contributed by atoms with Crippen LogP contribution in [0.3, 0.4) is 0 Å². The monoisotopic (exact) mass is 488 g/mol. The van der Waals surface area contributed by atoms with Crippen LogP contribution >= 0.6 is 11.6 Å². The van der Waals surface area contributed by atoms with Crippen molar-refractivity contribution in [3.05, 3.63) is 64.2 Å². The summed E-state index contributed by atoms with van der Waals surface area (Å²) in [7, 11) is -3.80. The number of nitrogens with one attached hydrogen (secondary N) is 1. The van der Waals surface area contributed by atoms with E-state index >= 15 is 0 Å². The first-order valence-corrected chi connectivity index (χ1v) is 12.5. The lowest BCUT2D eigenvalue weighted by Gasteiger charge is -2.26. The highest BCUT2D eigenvalue weighted by Gasteiger charge is 2.43. The maximum absolute atomic E-state index is 13.1. The van der Waals surface area contributed by atoms with Crippen LogP contribution in [0, 0.1) is 0 Å². The van der Waals surface area contributed by atoms with Crippen molar-refractivity contribution in [2.24, 2.45) is 0 Å². The van der Waals surface area contributed by atoms with E-state index in [0.29, 0.717) is 23.4 Å². The summed E-state index contributed by atoms with van der Waals surface area (Å²) in [6.07, 6.45) is 1.07. The molecule has 1 fully saturated rings. The third-order valence-electron chi connectivity index (χ3n) is 5.72. The predicted molar refractivity (Wildman–Crippen MR) is 122 cm³/mol. The SMILES string of the molecule is O=C1CCCC(=O)C(N2C(=O)c3ccc(NS(=O)(=O)Cc4ccc(Cl)cc4)cc3C2=O)CC1. The van der Waals surface area contributed by atoms with Crippen molar-refractivity contribution >= 4 is 50.7 Å². The molecule has 10 heteroatoms. The first-order chi connectivity index (χ1) is 15.6. The molecule has 8 nitrogen and oxygen atoms in total. The van der Waals surface area contributed by atoms with Crippen LogP contribution in [0.25, 0.3) is 0 Å². The van der Waals surface area contributed by atoms with Gasteiger partial charge in [0, 0.05) is 30.0 Å². The fourth-order valence-corrected chi connectivity index (χ4v) is 5.42. The van der Waals surface area contributed by atoms with Crippen molar-refractivity contribution in [3.8, 4) is 0 Å². The summed E-state index contributed by atoms with van der Waals surface area (Å²) in [6.45, 7) is 0. The van der Waals surface area contributed by atoms with Gasteiger partial charge in [0.15, 0.2) is 5.78 Å². The predicted octanol–water partition coefficient (Wildman–Crippen LogP) is 3.35. The molecule has 2 aromatic carbocycles. The van der Waals surface area contributed by atoms with E-state index in [0.717, 1.165) is 4.90 Å². The molecule has 2 aliphatic rings. The number of benzene rings is 2. The van der Waals surface area contributed by atoms with Gasteiger partial charge in [-0.3, -0.25) is 28.8 Å². The van der Waals surface area contributed by atoms with E-state index in [1.165, 1.54) is 18.2 Å². The first-order valence-electron chi connectivity index (χ1n) is 10.5. The molecule has 1 atom stereocenters. The number of carbonyl (C=O) groups excluding carboxylic acids is 4. The molecule has 0 spiro atoms. The van der Waals surface area contributed by atoms with Crippen LogP contribution in [0.1, 0.15) is 58.4 Å². The average Bonchev–Trinajstić information content (AvgIpc) is 2.98. The van der Waals surface area contributed by atoms with Crippen LogP contribution in [-0.4, -0.2) is 42.7 Å². The number of fused-ring (bicyclic) bond motifs is 1. The van der Waals surface area contributed by atoms with Gasteiger partial charge in [-0.2, -0.15) is 0 Å². The Labute approximate surface area is 196 Å². The van der Waals surface area contributed by atoms with Crippen LogP contribution in [0.4, 0.5) is 5.69 Å². The number of anilines is 1. The van der Waals surface area contributed by atoms with E-state index in [2.05, 4.69) is 4.72 Å². The molecule has 0 bridgehead atoms. The number of hydrogen-bond donors (Lipinski definition) is 1. The smallest absolute Gasteiger partial charge is 0.262 e. The lowest BCUT2D eigenvalue weighted by Crippen LogP contribution is -2.45. The van der Waals surface area contributed by atoms with Crippen LogP contribution in [-0.2, 0) is 25.4 Å². The van der Waals surface area contributed by atoms with E-state index in [-0.39, 0.29) is 53.4 Å². The number of rotatable bonds is 5. The molecule has 1 aliphatic heterocycles. The second kappa shape index (κ2) is 9.07. The summed E-state index contributed by atoms with van der Waals surface area (Å²) in [5.41, 5.74) is 0.780. The molecule has 0 aromatic heterocycles. The Morgan fingerprint density at radius 1 is 0.909 bits per heavy atom. The number of ketones is 2. The van der Waals surface area contributed by atoms with Gasteiger partial charge in [-0.1, -0.05) is 23.7 Å². The third kappa shape index (κ3) is 4.99. The van der Waals surface area contributed by atoms with Crippen molar-refractivity contribution in [2.45, 2.75) is 43.9 Å². The van der Waals surface area contributed by atoms with Gasteiger partial charge in [-0.15, -0.1) is 0 Å². The summed E-state index contributed by atoms with van der Waals surface area (Å²) in [5.74, 6) is -1.83. The van der Waals surface area contributed by atoms with E-state index in [9.17, 15) is 27.6 Å². The largest absolute Gasteiger partial charge is 0.300 e. The summed E-state index contributed by atoms with van der Waals surface area (Å²) in [4.78, 5) is 51.3. The molecule has 2 amide bonds. The molecule has 172 valence electrons. The number of Topliss-reactive ketones (excluding diaryl/α,β-unsaturated/α-hetero) is 2. The zero-order chi connectivity index (χ0) is 23.8. The maximum atomic E-state index is 13.1. The van der Waals surface area contributed by atoms with E-state index in [1.54, 1.807) is 24.3 Å². The number of imide groups is 1. The normalized spacial score (nSPS) is 19.3. The fourth-order valence-electron chi connectivity index (χ4n) is 4.10. The molecule has 33 heavy (non-hydrogen) atoms. The summed E-state index contributed by atoms with van der Waals surface area (Å²) >= 11 is 5.83. The van der Waals surface area contributed by atoms with E-state index in [4.69, 9.17) is 11.6 Å². The molecule has 2 aromatic rings. The second-order valence-corrected chi connectivity index (χ2v) is 10.3. The molecule has 1 N–H and O–H groups in total. The van der Waals surface area contributed by atoms with Gasteiger partial charge in [0.05, 0.1) is 22.9 Å². The minimum atomic E-state index is -3.80. The van der Waals surface area contributed by atoms with Crippen molar-refractivity contribution in [2.75, 3.05) is 4.72 Å². The highest BCUT2D eigenvalue weighted by molar-refractivity contribution is 7.91. The van der Waals surface area contributed by atoms with Gasteiger partial charge in [0.25, 0.3) is 11.8 Å². The molecular weight excluding hydrogens is 468 g/mol. The van der Waals surface area contributed by atoms with Gasteiger partial charge >= 0.3 is 0 Å². The molecule has 0 saturated heterocycles. The fraction of sp³-hybridized carbons (Fsp3) is 0.304. The molecule has 0 radical (unpaired) electrons. The molecule has 4 rings (SSSR count). The van der Waals surface area contributed by atoms with Crippen molar-refractivity contribution in [3.63, 3.8) is 0 Å². The highest BCUT2D eigenvalue weighted by Crippen LogP contribution is 2.30. The lowest BCUT2D eigenvalue weighted by atomic mass is 9.94. The number of halogens is 1. The number of hydrogen-bond acceptors (Lipinski definition) is 6. The Kier molecular flexibility index (Phi) is 6.36. The van der Waals surface area contributed by atoms with Gasteiger partial charge in [0.1, 0.15) is 5.78 Å². The molecule has 1 unspecified atom stereocenters. The number of sulfonamides is 1. The standard InChI is InChI=1S/C23H21ClN2O6S/c24-15-6-4-14(5-7-15)13-33(31,32)25-16-8-10-18-19(12-16)23(30)26(22(18)29)20-11-9-17(27)2-1-3-21(20)28/h4-8,10,12,20,25H,1-3,9,11,13H2. The van der Waals surface area contributed by atoms with Crippen LogP contribution in [0.15, 0.2) is 42.5 Å². The summed E-state index contributed by atoms with van der Waals surface area (Å²) < 4.78 is 27.6. The maximum Gasteiger partial charge on any atom is 0.262 e. The van der Waals surface area contributed by atoms with Gasteiger partial charge in [-0.25, -0.2) is 8.42 Å². The molecule has 1 heterocycles. The van der Waals surface area contributed by atoms with Crippen LogP contribution in [0.5, 0.6) is 0 Å². The Morgan fingerprint density at radius 3 is 2.33 bits per heavy atom. The molecule has 1 aliphatic carbocycles. The topological polar surface area (TPSA) is 118 Å². The molecule has 1 saturated carbocycles. The average molecular weight is 489 g/mol. The summed E-state index contributed by atoms with van der Waals surface area (Å²) in [6, 6.07) is 9.45. The van der Waals surface area contributed by atoms with Crippen molar-refractivity contribution in [1.82, 2.24) is 4.90 Å². The lowest BCUT2D eigenvalue weighted by molar-refractivity contribution is -0.125. The van der Waals surface area contributed by atoms with Gasteiger partial charge in [0.2, 0.25) is 10.0 Å². The first kappa shape index (κ1) is 23.1. The second-order valence-electron chi connectivity index (χ2n) is 8.14. The summed E-state index contributed by atoms with van der Waals surface area (Å²) in [5, 5.41) is 0.489. The number of nitrogens with zero attached hydrogens (tertiary/aromatic N) is 1. The van der Waals surface area contributed by atoms with Gasteiger partial charge in [-0.05, 0) is 48.7 Å². The van der Waals surface area contributed by atoms with Gasteiger partial charge < -0.3 is 0 Å². The van der Waals surface area contributed by atoms with Crippen molar-refractivity contribution < 1.29 is 27.6 Å². The molecular formula is C23H21ClN2O6S. The zero-order valence-electron chi connectivity index (χ0n) is 17.5. The minimum absolute atomic E-state index is 0.00138. The Balaban J connectivity index is 1.55. The van der Waals surface area contributed by atoms with E-state index < -0.39 is 27.9 Å². The number of carbonyl (C=O) groups is 4. The Morgan fingerprint density at radius 2 is 1.61 bits per heavy atom. The number of amides is 2. The van der Waals surface area contributed by atoms with E-state index in [1.807, 2.05) is 0 Å². The zero-order valence-corrected chi connectivity index (χ0v) is 19.1. The van der Waals surface area contributed by atoms with Crippen LogP contribution in [0.2, 0.25) is 5.02 Å². The minimum Gasteiger partial charge on any atom is -0.300 e. The third-order valence-corrected chi connectivity index (χ3v) is 7.23.